The standard InChI is InChI=1S/C18H25N5O2S/c1-5-25-17(24)15-12(2)22-16(26-15)13(3)23-18(19-4)21-10-8-14-7-6-9-20-11-14/h6-7,9,11,13H,5,8,10H2,1-4H3,(H2,19,21,23). The van der Waals surface area contributed by atoms with Gasteiger partial charge in [0.15, 0.2) is 5.96 Å². The van der Waals surface area contributed by atoms with E-state index in [-0.39, 0.29) is 12.0 Å². The number of pyridine rings is 1. The Morgan fingerprint density at radius 1 is 1.46 bits per heavy atom. The summed E-state index contributed by atoms with van der Waals surface area (Å²) < 4.78 is 5.07. The maximum Gasteiger partial charge on any atom is 0.350 e. The monoisotopic (exact) mass is 375 g/mol. The highest BCUT2D eigenvalue weighted by atomic mass is 32.1. The number of rotatable bonds is 7. The average molecular weight is 375 g/mol. The van der Waals surface area contributed by atoms with Crippen molar-refractivity contribution in [2.24, 2.45) is 4.99 Å². The number of hydrogen-bond acceptors (Lipinski definition) is 6. The zero-order valence-electron chi connectivity index (χ0n) is 15.6. The molecule has 0 saturated carbocycles. The van der Waals surface area contributed by atoms with E-state index in [1.165, 1.54) is 11.3 Å². The molecule has 0 amide bonds. The molecule has 0 bridgehead atoms. The Kier molecular flexibility index (Phi) is 7.53. The normalized spacial score (nSPS) is 12.5. The Bertz CT molecular complexity index is 745. The minimum atomic E-state index is -0.320. The first-order valence-electron chi connectivity index (χ1n) is 8.55. The van der Waals surface area contributed by atoms with Gasteiger partial charge in [-0.1, -0.05) is 6.07 Å². The summed E-state index contributed by atoms with van der Waals surface area (Å²) >= 11 is 1.35. The minimum absolute atomic E-state index is 0.0773. The van der Waals surface area contributed by atoms with E-state index >= 15 is 0 Å². The fourth-order valence-electron chi connectivity index (χ4n) is 2.32. The molecular formula is C18H25N5O2S. The van der Waals surface area contributed by atoms with Crippen LogP contribution in [0, 0.1) is 6.92 Å². The fourth-order valence-corrected chi connectivity index (χ4v) is 3.28. The Labute approximate surface area is 157 Å². The summed E-state index contributed by atoms with van der Waals surface area (Å²) in [5, 5.41) is 7.40. The predicted octanol–water partition coefficient (Wildman–Crippen LogP) is 2.49. The topological polar surface area (TPSA) is 88.5 Å². The number of ether oxygens (including phenoxy) is 1. The number of aryl methyl sites for hydroxylation is 1. The third-order valence-corrected chi connectivity index (χ3v) is 4.97. The van der Waals surface area contributed by atoms with E-state index in [1.807, 2.05) is 32.2 Å². The summed E-state index contributed by atoms with van der Waals surface area (Å²) in [6.07, 6.45) is 4.47. The van der Waals surface area contributed by atoms with Crippen LogP contribution in [0.2, 0.25) is 0 Å². The second-order valence-electron chi connectivity index (χ2n) is 5.66. The highest BCUT2D eigenvalue weighted by Crippen LogP contribution is 2.24. The maximum absolute atomic E-state index is 11.9. The smallest absolute Gasteiger partial charge is 0.350 e. The van der Waals surface area contributed by atoms with Gasteiger partial charge in [-0.25, -0.2) is 9.78 Å². The van der Waals surface area contributed by atoms with Crippen molar-refractivity contribution in [2.75, 3.05) is 20.2 Å². The number of thiazole rings is 1. The number of nitrogens with zero attached hydrogens (tertiary/aromatic N) is 3. The van der Waals surface area contributed by atoms with Crippen LogP contribution in [0.5, 0.6) is 0 Å². The van der Waals surface area contributed by atoms with Crippen LogP contribution >= 0.6 is 11.3 Å². The first kappa shape index (κ1) is 19.8. The molecule has 2 N–H and O–H groups in total. The molecule has 2 rings (SSSR count). The zero-order chi connectivity index (χ0) is 18.9. The van der Waals surface area contributed by atoms with E-state index in [2.05, 4.69) is 25.6 Å². The van der Waals surface area contributed by atoms with Gasteiger partial charge in [0, 0.05) is 26.0 Å². The maximum atomic E-state index is 11.9. The zero-order valence-corrected chi connectivity index (χ0v) is 16.4. The van der Waals surface area contributed by atoms with Crippen LogP contribution in [0.15, 0.2) is 29.5 Å². The summed E-state index contributed by atoms with van der Waals surface area (Å²) in [7, 11) is 1.73. The number of hydrogen-bond donors (Lipinski definition) is 2. The number of carbonyl (C=O) groups excluding carboxylic acids is 1. The second kappa shape index (κ2) is 9.86. The number of esters is 1. The molecule has 140 valence electrons. The third kappa shape index (κ3) is 5.52. The highest BCUT2D eigenvalue weighted by Gasteiger charge is 2.20. The van der Waals surface area contributed by atoms with Crippen LogP contribution in [-0.2, 0) is 11.2 Å². The van der Waals surface area contributed by atoms with Crippen LogP contribution in [0.4, 0.5) is 0 Å². The summed E-state index contributed by atoms with van der Waals surface area (Å²) in [5.41, 5.74) is 1.86. The van der Waals surface area contributed by atoms with Crippen molar-refractivity contribution in [3.8, 4) is 0 Å². The highest BCUT2D eigenvalue weighted by molar-refractivity contribution is 7.13. The van der Waals surface area contributed by atoms with E-state index in [0.717, 1.165) is 23.5 Å². The summed E-state index contributed by atoms with van der Waals surface area (Å²) in [6.45, 7) is 6.69. The Balaban J connectivity index is 1.91. The van der Waals surface area contributed by atoms with Crippen molar-refractivity contribution in [3.63, 3.8) is 0 Å². The molecule has 1 unspecified atom stereocenters. The molecule has 26 heavy (non-hydrogen) atoms. The fraction of sp³-hybridized carbons (Fsp3) is 0.444. The van der Waals surface area contributed by atoms with E-state index in [4.69, 9.17) is 4.74 Å². The van der Waals surface area contributed by atoms with Crippen molar-refractivity contribution >= 4 is 23.3 Å². The van der Waals surface area contributed by atoms with Gasteiger partial charge >= 0.3 is 5.97 Å². The molecule has 1 atom stereocenters. The van der Waals surface area contributed by atoms with E-state index in [9.17, 15) is 4.79 Å². The van der Waals surface area contributed by atoms with Crippen molar-refractivity contribution < 1.29 is 9.53 Å². The van der Waals surface area contributed by atoms with Crippen LogP contribution in [0.1, 0.15) is 45.8 Å². The lowest BCUT2D eigenvalue weighted by Crippen LogP contribution is -2.39. The molecule has 2 aromatic heterocycles. The predicted molar refractivity (Wildman–Crippen MR) is 104 cm³/mol. The Hall–Kier alpha value is -2.48. The molecule has 0 radical (unpaired) electrons. The second-order valence-corrected chi connectivity index (χ2v) is 6.69. The number of nitrogens with one attached hydrogen (secondary N) is 2. The van der Waals surface area contributed by atoms with Crippen LogP contribution < -0.4 is 10.6 Å². The van der Waals surface area contributed by atoms with E-state index < -0.39 is 0 Å². The molecule has 2 heterocycles. The largest absolute Gasteiger partial charge is 0.462 e. The lowest BCUT2D eigenvalue weighted by atomic mass is 10.2. The molecular weight excluding hydrogens is 350 g/mol. The van der Waals surface area contributed by atoms with Crippen LogP contribution in [0.25, 0.3) is 0 Å². The molecule has 0 fully saturated rings. The molecule has 0 aromatic carbocycles. The van der Waals surface area contributed by atoms with Gasteiger partial charge in [0.1, 0.15) is 9.88 Å². The SMILES string of the molecule is CCOC(=O)c1sc(C(C)NC(=NC)NCCc2cccnc2)nc1C. The third-order valence-electron chi connectivity index (χ3n) is 3.65. The van der Waals surface area contributed by atoms with E-state index in [0.29, 0.717) is 23.1 Å². The molecule has 0 aliphatic rings. The van der Waals surface area contributed by atoms with Crippen LogP contribution in [0.3, 0.4) is 0 Å². The van der Waals surface area contributed by atoms with Gasteiger partial charge < -0.3 is 15.4 Å². The van der Waals surface area contributed by atoms with Gasteiger partial charge in [0.2, 0.25) is 0 Å². The molecule has 0 spiro atoms. The van der Waals surface area contributed by atoms with Gasteiger partial charge in [-0.2, -0.15) is 0 Å². The van der Waals surface area contributed by atoms with Gasteiger partial charge in [-0.15, -0.1) is 11.3 Å². The lowest BCUT2D eigenvalue weighted by molar-refractivity contribution is 0.0531. The minimum Gasteiger partial charge on any atom is -0.462 e. The quantitative estimate of drug-likeness (QED) is 0.439. The Morgan fingerprint density at radius 2 is 2.27 bits per heavy atom. The molecule has 0 aliphatic heterocycles. The van der Waals surface area contributed by atoms with E-state index in [1.54, 1.807) is 20.2 Å². The van der Waals surface area contributed by atoms with Gasteiger partial charge in [-0.3, -0.25) is 9.98 Å². The molecule has 8 heteroatoms. The molecule has 0 saturated heterocycles. The Morgan fingerprint density at radius 3 is 2.92 bits per heavy atom. The van der Waals surface area contributed by atoms with Crippen molar-refractivity contribution in [2.45, 2.75) is 33.2 Å². The van der Waals surface area contributed by atoms with Crippen molar-refractivity contribution in [1.82, 2.24) is 20.6 Å². The van der Waals surface area contributed by atoms with Gasteiger partial charge in [-0.05, 0) is 38.8 Å². The first-order valence-corrected chi connectivity index (χ1v) is 9.37. The average Bonchev–Trinajstić information content (AvgIpc) is 3.04. The molecule has 0 aliphatic carbocycles. The van der Waals surface area contributed by atoms with Crippen LogP contribution in [-0.4, -0.2) is 42.1 Å². The summed E-state index contributed by atoms with van der Waals surface area (Å²) in [6, 6.07) is 3.89. The molecule has 7 nitrogen and oxygen atoms in total. The number of guanidine groups is 1. The molecule has 2 aromatic rings. The van der Waals surface area contributed by atoms with Gasteiger partial charge in [0.25, 0.3) is 0 Å². The number of aliphatic imine (C=N–C) groups is 1. The number of carbonyl (C=O) groups is 1. The van der Waals surface area contributed by atoms with Crippen molar-refractivity contribution in [3.05, 3.63) is 45.7 Å². The summed E-state index contributed by atoms with van der Waals surface area (Å²) in [4.78, 5) is 25.3. The summed E-state index contributed by atoms with van der Waals surface area (Å²) in [5.74, 6) is 0.367. The van der Waals surface area contributed by atoms with Gasteiger partial charge in [0.05, 0.1) is 18.3 Å². The van der Waals surface area contributed by atoms with Crippen molar-refractivity contribution in [1.29, 1.82) is 0 Å². The number of aromatic nitrogens is 2. The first-order chi connectivity index (χ1) is 12.5. The lowest BCUT2D eigenvalue weighted by Gasteiger charge is -2.16.